The van der Waals surface area contributed by atoms with Crippen molar-refractivity contribution in [3.8, 4) is 6.07 Å². The largest absolute Gasteiger partial charge is 0.339 e. The Morgan fingerprint density at radius 3 is 2.40 bits per heavy atom. The molecule has 1 aliphatic carbocycles. The molecule has 0 radical (unpaired) electrons. The van der Waals surface area contributed by atoms with Crippen molar-refractivity contribution in [1.29, 1.82) is 5.26 Å². The minimum absolute atomic E-state index is 0.0779. The maximum absolute atomic E-state index is 12.9. The summed E-state index contributed by atoms with van der Waals surface area (Å²) in [5, 5.41) is 9.60. The second-order valence-corrected chi connectivity index (χ2v) is 7.16. The van der Waals surface area contributed by atoms with Gasteiger partial charge in [-0.3, -0.25) is 9.69 Å². The van der Waals surface area contributed by atoms with Crippen molar-refractivity contribution >= 4 is 12.0 Å². The topological polar surface area (TPSA) is 47.3 Å². The molecule has 0 aromatic heterocycles. The van der Waals surface area contributed by atoms with E-state index in [0.29, 0.717) is 0 Å². The molecule has 4 heteroatoms. The van der Waals surface area contributed by atoms with Gasteiger partial charge in [-0.25, -0.2) is 0 Å². The Bertz CT molecular complexity index is 633. The van der Waals surface area contributed by atoms with Gasteiger partial charge in [0, 0.05) is 32.7 Å². The molecule has 25 heavy (non-hydrogen) atoms. The molecular weight excluding hydrogens is 310 g/mol. The number of rotatable bonds is 4. The summed E-state index contributed by atoms with van der Waals surface area (Å²) >= 11 is 0. The molecular formula is C21H27N3O. The Kier molecular flexibility index (Phi) is 5.88. The average Bonchev–Trinajstić information content (AvgIpc) is 2.69. The summed E-state index contributed by atoms with van der Waals surface area (Å²) in [6.45, 7) is 4.14. The molecule has 3 rings (SSSR count). The molecule has 1 saturated heterocycles. The fourth-order valence-corrected chi connectivity index (χ4v) is 3.87. The molecule has 0 atom stereocenters. The third-order valence-corrected chi connectivity index (χ3v) is 5.46. The molecule has 1 amide bonds. The van der Waals surface area contributed by atoms with Gasteiger partial charge in [0.1, 0.15) is 5.41 Å². The van der Waals surface area contributed by atoms with Crippen LogP contribution in [0.2, 0.25) is 0 Å². The summed E-state index contributed by atoms with van der Waals surface area (Å²) in [5.41, 5.74) is 0.470. The quantitative estimate of drug-likeness (QED) is 0.847. The smallest absolute Gasteiger partial charge is 0.243 e. The van der Waals surface area contributed by atoms with Crippen LogP contribution in [0.5, 0.6) is 0 Å². The highest BCUT2D eigenvalue weighted by Gasteiger charge is 2.42. The number of carbonyl (C=O) groups excluding carboxylic acids is 1. The predicted molar refractivity (Wildman–Crippen MR) is 99.6 cm³/mol. The van der Waals surface area contributed by atoms with Crippen molar-refractivity contribution in [2.24, 2.45) is 5.41 Å². The van der Waals surface area contributed by atoms with Gasteiger partial charge < -0.3 is 4.90 Å². The first kappa shape index (κ1) is 17.7. The fourth-order valence-electron chi connectivity index (χ4n) is 3.87. The Morgan fingerprint density at radius 2 is 1.76 bits per heavy atom. The zero-order chi connectivity index (χ0) is 17.5. The molecule has 2 fully saturated rings. The highest BCUT2D eigenvalue weighted by Crippen LogP contribution is 2.37. The maximum atomic E-state index is 12.9. The van der Waals surface area contributed by atoms with Gasteiger partial charge in [-0.05, 0) is 18.4 Å². The Morgan fingerprint density at radius 1 is 1.08 bits per heavy atom. The third kappa shape index (κ3) is 4.29. The van der Waals surface area contributed by atoms with Crippen molar-refractivity contribution in [1.82, 2.24) is 9.80 Å². The first-order chi connectivity index (χ1) is 12.2. The number of hydrogen-bond donors (Lipinski definition) is 0. The van der Waals surface area contributed by atoms with Crippen molar-refractivity contribution in [2.75, 3.05) is 32.7 Å². The van der Waals surface area contributed by atoms with Gasteiger partial charge in [0.15, 0.2) is 0 Å². The monoisotopic (exact) mass is 337 g/mol. The molecule has 0 unspecified atom stereocenters. The Hall–Kier alpha value is -2.12. The Labute approximate surface area is 150 Å². The zero-order valence-electron chi connectivity index (χ0n) is 14.9. The molecule has 0 bridgehead atoms. The van der Waals surface area contributed by atoms with Crippen LogP contribution in [0.3, 0.4) is 0 Å². The van der Waals surface area contributed by atoms with Gasteiger partial charge in [0.2, 0.25) is 5.91 Å². The standard InChI is InChI=1S/C21H27N3O/c22-18-21(11-5-2-6-12-21)20(25)24-16-14-23(15-17-24)13-7-10-19-8-3-1-4-9-19/h1,3-4,7-10H,2,5-6,11-17H2/b10-7+. The molecule has 1 aromatic rings. The van der Waals surface area contributed by atoms with Crippen LogP contribution >= 0.6 is 0 Å². The Balaban J connectivity index is 1.49. The number of carbonyl (C=O) groups is 1. The van der Waals surface area contributed by atoms with Gasteiger partial charge in [0.05, 0.1) is 6.07 Å². The number of nitrogens with zero attached hydrogens (tertiary/aromatic N) is 3. The summed E-state index contributed by atoms with van der Waals surface area (Å²) in [5.74, 6) is 0.0779. The number of piperazine rings is 1. The van der Waals surface area contributed by atoms with Gasteiger partial charge in [0.25, 0.3) is 0 Å². The highest BCUT2D eigenvalue weighted by atomic mass is 16.2. The van der Waals surface area contributed by atoms with Crippen molar-refractivity contribution in [3.05, 3.63) is 42.0 Å². The van der Waals surface area contributed by atoms with E-state index in [4.69, 9.17) is 0 Å². The first-order valence-electron chi connectivity index (χ1n) is 9.38. The summed E-state index contributed by atoms with van der Waals surface area (Å²) in [4.78, 5) is 17.2. The number of benzene rings is 1. The van der Waals surface area contributed by atoms with Crippen LogP contribution in [0.15, 0.2) is 36.4 Å². The summed E-state index contributed by atoms with van der Waals surface area (Å²) < 4.78 is 0. The fraction of sp³-hybridized carbons (Fsp3) is 0.524. The van der Waals surface area contributed by atoms with E-state index >= 15 is 0 Å². The first-order valence-corrected chi connectivity index (χ1v) is 9.38. The molecule has 1 aromatic carbocycles. The van der Waals surface area contributed by atoms with Crippen LogP contribution in [0, 0.1) is 16.7 Å². The molecule has 0 N–H and O–H groups in total. The average molecular weight is 337 g/mol. The van der Waals surface area contributed by atoms with E-state index in [2.05, 4.69) is 35.3 Å². The lowest BCUT2D eigenvalue weighted by Gasteiger charge is -2.39. The normalized spacial score (nSPS) is 21.2. The van der Waals surface area contributed by atoms with Crippen molar-refractivity contribution in [2.45, 2.75) is 32.1 Å². The molecule has 2 aliphatic rings. The van der Waals surface area contributed by atoms with Crippen molar-refractivity contribution in [3.63, 3.8) is 0 Å². The van der Waals surface area contributed by atoms with E-state index in [1.165, 1.54) is 5.56 Å². The molecule has 0 spiro atoms. The lowest BCUT2D eigenvalue weighted by Crippen LogP contribution is -2.53. The van der Waals surface area contributed by atoms with Gasteiger partial charge >= 0.3 is 0 Å². The molecule has 4 nitrogen and oxygen atoms in total. The van der Waals surface area contributed by atoms with E-state index in [1.807, 2.05) is 23.1 Å². The summed E-state index contributed by atoms with van der Waals surface area (Å²) in [6.07, 6.45) is 8.96. The van der Waals surface area contributed by atoms with Gasteiger partial charge in [-0.15, -0.1) is 0 Å². The van der Waals surface area contributed by atoms with Crippen LogP contribution in [0.1, 0.15) is 37.7 Å². The van der Waals surface area contributed by atoms with E-state index in [-0.39, 0.29) is 5.91 Å². The molecule has 1 saturated carbocycles. The van der Waals surface area contributed by atoms with Crippen LogP contribution in [0.25, 0.3) is 6.08 Å². The molecule has 1 aliphatic heterocycles. The second-order valence-electron chi connectivity index (χ2n) is 7.16. The lowest BCUT2D eigenvalue weighted by atomic mass is 9.74. The highest BCUT2D eigenvalue weighted by molar-refractivity contribution is 5.85. The van der Waals surface area contributed by atoms with Crippen LogP contribution < -0.4 is 0 Å². The van der Waals surface area contributed by atoms with Crippen molar-refractivity contribution < 1.29 is 4.79 Å². The third-order valence-electron chi connectivity index (χ3n) is 5.46. The minimum atomic E-state index is -0.742. The van der Waals surface area contributed by atoms with E-state index in [1.54, 1.807) is 0 Å². The van der Waals surface area contributed by atoms with E-state index in [0.717, 1.165) is 64.8 Å². The molecule has 132 valence electrons. The van der Waals surface area contributed by atoms with Crippen LogP contribution in [0.4, 0.5) is 0 Å². The summed E-state index contributed by atoms with van der Waals surface area (Å²) in [7, 11) is 0. The van der Waals surface area contributed by atoms with Gasteiger partial charge in [-0.1, -0.05) is 61.7 Å². The summed E-state index contributed by atoms with van der Waals surface area (Å²) in [6, 6.07) is 12.7. The van der Waals surface area contributed by atoms with Crippen LogP contribution in [-0.2, 0) is 4.79 Å². The minimum Gasteiger partial charge on any atom is -0.339 e. The van der Waals surface area contributed by atoms with Crippen LogP contribution in [-0.4, -0.2) is 48.4 Å². The molecule has 1 heterocycles. The SMILES string of the molecule is N#CC1(C(=O)N2CCN(C/C=C/c3ccccc3)CC2)CCCCC1. The number of hydrogen-bond acceptors (Lipinski definition) is 3. The van der Waals surface area contributed by atoms with E-state index in [9.17, 15) is 10.1 Å². The zero-order valence-corrected chi connectivity index (χ0v) is 14.9. The second kappa shape index (κ2) is 8.31. The maximum Gasteiger partial charge on any atom is 0.243 e. The predicted octanol–water partition coefficient (Wildman–Crippen LogP) is 3.32. The number of nitriles is 1. The number of amides is 1. The van der Waals surface area contributed by atoms with Gasteiger partial charge in [-0.2, -0.15) is 5.26 Å². The lowest BCUT2D eigenvalue weighted by molar-refractivity contribution is -0.142. The van der Waals surface area contributed by atoms with E-state index < -0.39 is 5.41 Å².